The number of carbonyl (C=O) groups excluding carboxylic acids is 2. The molecule has 1 aliphatic heterocycles. The quantitative estimate of drug-likeness (QED) is 0.566. The Hall–Kier alpha value is -4.59. The third kappa shape index (κ3) is 4.46. The van der Waals surface area contributed by atoms with Crippen molar-refractivity contribution in [2.45, 2.75) is 24.9 Å². The molecular formula is C27H21N3O5. The number of aliphatic carboxylic acids is 1. The van der Waals surface area contributed by atoms with E-state index in [9.17, 15) is 19.5 Å². The molecule has 8 heteroatoms. The molecule has 0 atom stereocenters. The molecule has 1 heterocycles. The van der Waals surface area contributed by atoms with Crippen LogP contribution in [0.2, 0.25) is 0 Å². The molecule has 174 valence electrons. The van der Waals surface area contributed by atoms with Crippen molar-refractivity contribution in [3.05, 3.63) is 95.6 Å². The van der Waals surface area contributed by atoms with Gasteiger partial charge in [0, 0.05) is 5.56 Å². The van der Waals surface area contributed by atoms with Crippen LogP contribution in [-0.4, -0.2) is 34.5 Å². The minimum atomic E-state index is -0.875. The number of aliphatic imine (C=N–C) groups is 1. The van der Waals surface area contributed by atoms with Gasteiger partial charge in [0.15, 0.2) is 5.71 Å². The first-order valence-electron chi connectivity index (χ1n) is 11.1. The number of carbonyl (C=O) groups is 3. The molecule has 3 aromatic rings. The zero-order valence-electron chi connectivity index (χ0n) is 18.6. The molecule has 2 aliphatic rings. The number of ether oxygens (including phenoxy) is 1. The average molecular weight is 467 g/mol. The van der Waals surface area contributed by atoms with Crippen molar-refractivity contribution in [1.29, 1.82) is 0 Å². The van der Waals surface area contributed by atoms with E-state index in [1.165, 1.54) is 0 Å². The van der Waals surface area contributed by atoms with E-state index >= 15 is 0 Å². The highest BCUT2D eigenvalue weighted by Crippen LogP contribution is 2.48. The van der Waals surface area contributed by atoms with Crippen molar-refractivity contribution in [2.24, 2.45) is 10.1 Å². The zero-order valence-corrected chi connectivity index (χ0v) is 18.6. The van der Waals surface area contributed by atoms with Crippen molar-refractivity contribution in [2.75, 3.05) is 0 Å². The minimum absolute atomic E-state index is 0.0472. The lowest BCUT2D eigenvalue weighted by Crippen LogP contribution is -2.25. The Kier molecular flexibility index (Phi) is 5.70. The number of nitrogens with zero attached hydrogens (tertiary/aromatic N) is 2. The predicted molar refractivity (Wildman–Crippen MR) is 129 cm³/mol. The normalized spacial score (nSPS) is 17.0. The van der Waals surface area contributed by atoms with Crippen LogP contribution in [0.4, 0.5) is 4.79 Å². The Morgan fingerprint density at radius 3 is 2.11 bits per heavy atom. The molecule has 0 spiro atoms. The fraction of sp³-hybridized carbons (Fsp3) is 0.148. The SMILES string of the molecule is O=C(/N=C1\C(=O)NN=C1c1ccc(-c2ccc(C3(C(=O)O)CC3)cc2)cc1)OCc1ccccc1. The summed E-state index contributed by atoms with van der Waals surface area (Å²) in [5.74, 6) is -1.36. The molecule has 1 aliphatic carbocycles. The van der Waals surface area contributed by atoms with Crippen LogP contribution in [0.1, 0.15) is 29.5 Å². The van der Waals surface area contributed by atoms with Gasteiger partial charge in [-0.2, -0.15) is 10.1 Å². The number of hydrazone groups is 1. The van der Waals surface area contributed by atoms with Crippen molar-refractivity contribution in [3.63, 3.8) is 0 Å². The predicted octanol–water partition coefficient (Wildman–Crippen LogP) is 4.08. The first-order chi connectivity index (χ1) is 17.0. The second-order valence-corrected chi connectivity index (χ2v) is 8.44. The molecular weight excluding hydrogens is 446 g/mol. The van der Waals surface area contributed by atoms with Gasteiger partial charge in [0.25, 0.3) is 5.91 Å². The Balaban J connectivity index is 1.30. The van der Waals surface area contributed by atoms with Gasteiger partial charge < -0.3 is 9.84 Å². The minimum Gasteiger partial charge on any atom is -0.481 e. The molecule has 2 N–H and O–H groups in total. The van der Waals surface area contributed by atoms with Gasteiger partial charge in [0.1, 0.15) is 12.3 Å². The summed E-state index contributed by atoms with van der Waals surface area (Å²) < 4.78 is 5.15. The van der Waals surface area contributed by atoms with Crippen molar-refractivity contribution in [3.8, 4) is 11.1 Å². The highest BCUT2D eigenvalue weighted by molar-refractivity contribution is 6.72. The Morgan fingerprint density at radius 2 is 1.51 bits per heavy atom. The lowest BCUT2D eigenvalue weighted by atomic mass is 9.93. The van der Waals surface area contributed by atoms with Crippen molar-refractivity contribution >= 4 is 29.4 Å². The molecule has 0 radical (unpaired) electrons. The highest BCUT2D eigenvalue weighted by Gasteiger charge is 2.51. The Bertz CT molecular complexity index is 1360. The largest absolute Gasteiger partial charge is 0.481 e. The van der Waals surface area contributed by atoms with Crippen LogP contribution in [-0.2, 0) is 26.3 Å². The summed E-state index contributed by atoms with van der Waals surface area (Å²) in [4.78, 5) is 39.8. The van der Waals surface area contributed by atoms with Gasteiger partial charge in [-0.05, 0) is 35.1 Å². The second kappa shape index (κ2) is 8.98. The number of carboxylic acid groups (broad SMARTS) is 1. The maximum absolute atomic E-state index is 12.2. The van der Waals surface area contributed by atoms with Crippen LogP contribution in [0.3, 0.4) is 0 Å². The van der Waals surface area contributed by atoms with E-state index in [1.54, 1.807) is 12.1 Å². The van der Waals surface area contributed by atoms with E-state index in [-0.39, 0.29) is 18.0 Å². The summed E-state index contributed by atoms with van der Waals surface area (Å²) in [6.07, 6.45) is 0.448. The van der Waals surface area contributed by atoms with Crippen LogP contribution in [0, 0.1) is 0 Å². The molecule has 0 unspecified atom stereocenters. The van der Waals surface area contributed by atoms with Crippen LogP contribution < -0.4 is 5.43 Å². The topological polar surface area (TPSA) is 117 Å². The lowest BCUT2D eigenvalue weighted by Gasteiger charge is -2.11. The number of amides is 2. The number of carboxylic acids is 1. The van der Waals surface area contributed by atoms with E-state index in [1.807, 2.05) is 66.7 Å². The molecule has 5 rings (SSSR count). The standard InChI is InChI=1S/C27H21N3O5/c31-24-23(28-26(34)35-16-17-4-2-1-3-5-17)22(29-30-24)20-8-6-18(7-9-20)19-10-12-21(13-11-19)27(14-15-27)25(32)33/h1-13H,14-16H2,(H,32,33)(H,28,30,31,34). The molecule has 1 saturated carbocycles. The van der Waals surface area contributed by atoms with Gasteiger partial charge in [-0.1, -0.05) is 78.9 Å². The van der Waals surface area contributed by atoms with Crippen molar-refractivity contribution < 1.29 is 24.2 Å². The van der Waals surface area contributed by atoms with Gasteiger partial charge >= 0.3 is 12.1 Å². The van der Waals surface area contributed by atoms with Gasteiger partial charge in [-0.25, -0.2) is 10.2 Å². The monoisotopic (exact) mass is 467 g/mol. The van der Waals surface area contributed by atoms with E-state index in [0.29, 0.717) is 18.4 Å². The molecule has 0 saturated heterocycles. The number of hydrogen-bond acceptors (Lipinski definition) is 5. The smallest absolute Gasteiger partial charge is 0.434 e. The van der Waals surface area contributed by atoms with Crippen LogP contribution >= 0.6 is 0 Å². The average Bonchev–Trinajstić information content (AvgIpc) is 3.63. The second-order valence-electron chi connectivity index (χ2n) is 8.44. The van der Waals surface area contributed by atoms with Crippen LogP contribution in [0.25, 0.3) is 11.1 Å². The Labute approximate surface area is 201 Å². The first-order valence-corrected chi connectivity index (χ1v) is 11.1. The highest BCUT2D eigenvalue weighted by atomic mass is 16.5. The molecule has 1 fully saturated rings. The summed E-state index contributed by atoms with van der Waals surface area (Å²) in [5, 5.41) is 13.5. The summed E-state index contributed by atoms with van der Waals surface area (Å²) in [5.41, 5.74) is 5.84. The van der Waals surface area contributed by atoms with Crippen molar-refractivity contribution in [1.82, 2.24) is 5.43 Å². The summed E-state index contributed by atoms with van der Waals surface area (Å²) in [6, 6.07) is 24.0. The third-order valence-corrected chi connectivity index (χ3v) is 6.21. The molecule has 3 aromatic carbocycles. The zero-order chi connectivity index (χ0) is 24.4. The molecule has 2 amide bonds. The first kappa shape index (κ1) is 22.2. The number of benzene rings is 3. The van der Waals surface area contributed by atoms with Gasteiger partial charge in [0.05, 0.1) is 5.41 Å². The number of nitrogens with one attached hydrogen (secondary N) is 1. The summed E-state index contributed by atoms with van der Waals surface area (Å²) >= 11 is 0. The molecule has 8 nitrogen and oxygen atoms in total. The maximum atomic E-state index is 12.2. The lowest BCUT2D eigenvalue weighted by molar-refractivity contribution is -0.140. The molecule has 0 bridgehead atoms. The van der Waals surface area contributed by atoms with E-state index in [2.05, 4.69) is 15.5 Å². The van der Waals surface area contributed by atoms with Crippen LogP contribution in [0.15, 0.2) is 89.0 Å². The van der Waals surface area contributed by atoms with Gasteiger partial charge in [-0.3, -0.25) is 9.59 Å². The number of hydrogen-bond donors (Lipinski definition) is 2. The maximum Gasteiger partial charge on any atom is 0.434 e. The Morgan fingerprint density at radius 1 is 0.914 bits per heavy atom. The molecule has 0 aromatic heterocycles. The fourth-order valence-electron chi connectivity index (χ4n) is 4.02. The summed E-state index contributed by atoms with van der Waals surface area (Å²) in [6.45, 7) is 0.0472. The van der Waals surface area contributed by atoms with E-state index in [0.717, 1.165) is 22.3 Å². The third-order valence-electron chi connectivity index (χ3n) is 6.21. The van der Waals surface area contributed by atoms with E-state index in [4.69, 9.17) is 4.74 Å². The molecule has 35 heavy (non-hydrogen) atoms. The number of rotatable bonds is 6. The van der Waals surface area contributed by atoms with Crippen LogP contribution in [0.5, 0.6) is 0 Å². The summed E-state index contributed by atoms with van der Waals surface area (Å²) in [7, 11) is 0. The van der Waals surface area contributed by atoms with Gasteiger partial charge in [-0.15, -0.1) is 0 Å². The van der Waals surface area contributed by atoms with Gasteiger partial charge in [0.2, 0.25) is 0 Å². The fourth-order valence-corrected chi connectivity index (χ4v) is 4.02. The van der Waals surface area contributed by atoms with E-state index < -0.39 is 23.4 Å².